The number of hydrogen-bond acceptors (Lipinski definition) is 5. The molecule has 0 spiro atoms. The van der Waals surface area contributed by atoms with Gasteiger partial charge in [-0.2, -0.15) is 5.10 Å². The molecule has 0 fully saturated rings. The fraction of sp³-hybridized carbons (Fsp3) is 0.192. The van der Waals surface area contributed by atoms with Crippen molar-refractivity contribution in [3.63, 3.8) is 0 Å². The van der Waals surface area contributed by atoms with Gasteiger partial charge in [-0.15, -0.1) is 0 Å². The first kappa shape index (κ1) is 26.0. The Morgan fingerprint density at radius 1 is 1.03 bits per heavy atom. The van der Waals surface area contributed by atoms with E-state index in [9.17, 15) is 5.11 Å². The van der Waals surface area contributed by atoms with Gasteiger partial charge in [0.2, 0.25) is 5.62 Å². The monoisotopic (exact) mass is 542 g/mol. The van der Waals surface area contributed by atoms with Crippen molar-refractivity contribution in [1.29, 1.82) is 5.41 Å². The summed E-state index contributed by atoms with van der Waals surface area (Å²) in [5.74, 6) is 5.66. The standard InChI is InChI=1S/C26H25Cl3N6O/c1-16-3-2-4-17(9-16)12-32-13-20(33-31)14-34-24-11-19(27)6-8-23(24)35(26(34)30)15-25(36)18-5-7-21(28)22(29)10-18/h2-11,13,25,30,36H,12,14-15,31H2,1H3/b30-26?,32-13?,33-20+. The number of imidazole rings is 1. The maximum Gasteiger partial charge on any atom is 0.203 e. The molecule has 36 heavy (non-hydrogen) atoms. The third-order valence-electron chi connectivity index (χ3n) is 5.80. The smallest absolute Gasteiger partial charge is 0.203 e. The predicted molar refractivity (Wildman–Crippen MR) is 147 cm³/mol. The molecule has 0 bridgehead atoms. The Morgan fingerprint density at radius 2 is 1.83 bits per heavy atom. The minimum absolute atomic E-state index is 0.123. The van der Waals surface area contributed by atoms with Gasteiger partial charge in [0.15, 0.2) is 0 Å². The number of rotatable bonds is 8. The highest BCUT2D eigenvalue weighted by atomic mass is 35.5. The molecular weight excluding hydrogens is 519 g/mol. The Bertz CT molecular complexity index is 1520. The van der Waals surface area contributed by atoms with E-state index in [0.29, 0.717) is 38.4 Å². The van der Waals surface area contributed by atoms with Gasteiger partial charge in [0.05, 0.1) is 52.5 Å². The molecule has 1 heterocycles. The fourth-order valence-corrected chi connectivity index (χ4v) is 4.47. The summed E-state index contributed by atoms with van der Waals surface area (Å²) in [5.41, 5.74) is 4.93. The van der Waals surface area contributed by atoms with E-state index in [1.807, 2.05) is 31.2 Å². The van der Waals surface area contributed by atoms with Gasteiger partial charge in [0, 0.05) is 11.2 Å². The highest BCUT2D eigenvalue weighted by molar-refractivity contribution is 6.42. The Labute approximate surface area is 223 Å². The summed E-state index contributed by atoms with van der Waals surface area (Å²) in [5, 5.41) is 24.9. The van der Waals surface area contributed by atoms with Crippen molar-refractivity contribution in [3.8, 4) is 0 Å². The van der Waals surface area contributed by atoms with Crippen molar-refractivity contribution < 1.29 is 5.11 Å². The number of hydrogen-bond donors (Lipinski definition) is 3. The van der Waals surface area contributed by atoms with Crippen LogP contribution in [0.25, 0.3) is 11.0 Å². The molecule has 4 aromatic rings. The van der Waals surface area contributed by atoms with E-state index in [4.69, 9.17) is 46.1 Å². The van der Waals surface area contributed by atoms with E-state index in [2.05, 4.69) is 16.2 Å². The van der Waals surface area contributed by atoms with E-state index in [-0.39, 0.29) is 18.7 Å². The molecule has 0 amide bonds. The van der Waals surface area contributed by atoms with Crippen molar-refractivity contribution in [1.82, 2.24) is 9.13 Å². The molecule has 186 valence electrons. The number of aliphatic hydroxyl groups excluding tert-OH is 1. The second kappa shape index (κ2) is 11.3. The first-order valence-electron chi connectivity index (χ1n) is 11.1. The topological polar surface area (TPSA) is 105 Å². The number of fused-ring (bicyclic) bond motifs is 1. The number of hydrazone groups is 1. The largest absolute Gasteiger partial charge is 0.387 e. The third-order valence-corrected chi connectivity index (χ3v) is 6.77. The zero-order chi connectivity index (χ0) is 25.8. The lowest BCUT2D eigenvalue weighted by Crippen LogP contribution is -2.29. The SMILES string of the molecule is Cc1cccc(CN=C/C(Cn2c(=N)n(CC(O)c3ccc(Cl)c(Cl)c3)c3ccc(Cl)cc32)=N\N)c1. The van der Waals surface area contributed by atoms with Crippen molar-refractivity contribution in [3.05, 3.63) is 98.0 Å². The molecule has 3 aromatic carbocycles. The molecule has 4 N–H and O–H groups in total. The molecule has 0 aliphatic rings. The summed E-state index contributed by atoms with van der Waals surface area (Å²) in [7, 11) is 0. The molecule has 1 unspecified atom stereocenters. The van der Waals surface area contributed by atoms with E-state index in [1.54, 1.807) is 45.7 Å². The number of aliphatic imine (C=N–C) groups is 1. The fourth-order valence-electron chi connectivity index (χ4n) is 4.00. The van der Waals surface area contributed by atoms with Crippen molar-refractivity contribution in [2.75, 3.05) is 0 Å². The van der Waals surface area contributed by atoms with Gasteiger partial charge in [-0.25, -0.2) is 0 Å². The molecule has 0 radical (unpaired) electrons. The lowest BCUT2D eigenvalue weighted by Gasteiger charge is -2.13. The number of halogens is 3. The Hall–Kier alpha value is -3.10. The molecule has 0 saturated heterocycles. The minimum Gasteiger partial charge on any atom is -0.387 e. The van der Waals surface area contributed by atoms with Crippen molar-refractivity contribution in [2.24, 2.45) is 15.9 Å². The summed E-state index contributed by atoms with van der Waals surface area (Å²) in [4.78, 5) is 4.48. The average molecular weight is 544 g/mol. The van der Waals surface area contributed by atoms with Crippen LogP contribution >= 0.6 is 34.8 Å². The number of benzene rings is 3. The number of aromatic nitrogens is 2. The Kier molecular flexibility index (Phi) is 8.16. The van der Waals surface area contributed by atoms with Crippen LogP contribution in [0.2, 0.25) is 15.1 Å². The van der Waals surface area contributed by atoms with E-state index in [0.717, 1.165) is 16.6 Å². The van der Waals surface area contributed by atoms with Crippen LogP contribution in [0.3, 0.4) is 0 Å². The Balaban J connectivity index is 1.63. The zero-order valence-corrected chi connectivity index (χ0v) is 21.8. The maximum atomic E-state index is 10.9. The highest BCUT2D eigenvalue weighted by Crippen LogP contribution is 2.27. The molecule has 1 atom stereocenters. The molecule has 7 nitrogen and oxygen atoms in total. The number of nitrogens with one attached hydrogen (secondary N) is 1. The van der Waals surface area contributed by atoms with Crippen LogP contribution in [0, 0.1) is 12.3 Å². The normalized spacial score (nSPS) is 13.1. The van der Waals surface area contributed by atoms with Gasteiger partial charge in [-0.1, -0.05) is 70.7 Å². The molecule has 4 rings (SSSR count). The highest BCUT2D eigenvalue weighted by Gasteiger charge is 2.17. The van der Waals surface area contributed by atoms with Crippen LogP contribution in [0.15, 0.2) is 70.8 Å². The quantitative estimate of drug-likeness (QED) is 0.155. The second-order valence-corrected chi connectivity index (χ2v) is 9.67. The molecule has 0 saturated carbocycles. The van der Waals surface area contributed by atoms with Crippen LogP contribution < -0.4 is 11.5 Å². The van der Waals surface area contributed by atoms with Crippen LogP contribution in [-0.2, 0) is 19.6 Å². The molecule has 0 aliphatic heterocycles. The Morgan fingerprint density at radius 3 is 2.56 bits per heavy atom. The van der Waals surface area contributed by atoms with Gasteiger partial charge >= 0.3 is 0 Å². The lowest BCUT2D eigenvalue weighted by molar-refractivity contribution is 0.156. The average Bonchev–Trinajstić information content (AvgIpc) is 3.10. The molecular formula is C26H25Cl3N6O. The van der Waals surface area contributed by atoms with Gasteiger partial charge in [-0.3, -0.25) is 10.4 Å². The number of aryl methyl sites for hydroxylation is 1. The summed E-state index contributed by atoms with van der Waals surface area (Å²) in [6, 6.07) is 18.4. The molecule has 1 aromatic heterocycles. The van der Waals surface area contributed by atoms with Crippen molar-refractivity contribution in [2.45, 2.75) is 32.7 Å². The lowest BCUT2D eigenvalue weighted by atomic mass is 10.1. The van der Waals surface area contributed by atoms with Crippen LogP contribution in [-0.4, -0.2) is 26.2 Å². The summed E-state index contributed by atoms with van der Waals surface area (Å²) in [6.07, 6.45) is 0.703. The van der Waals surface area contributed by atoms with Crippen molar-refractivity contribution >= 4 is 57.8 Å². The van der Waals surface area contributed by atoms with Gasteiger partial charge in [0.1, 0.15) is 0 Å². The third kappa shape index (κ3) is 5.82. The van der Waals surface area contributed by atoms with Crippen LogP contribution in [0.5, 0.6) is 0 Å². The number of nitrogens with zero attached hydrogens (tertiary/aromatic N) is 4. The minimum atomic E-state index is -0.915. The summed E-state index contributed by atoms with van der Waals surface area (Å²) < 4.78 is 3.43. The predicted octanol–water partition coefficient (Wildman–Crippen LogP) is 5.51. The van der Waals surface area contributed by atoms with Crippen LogP contribution in [0.1, 0.15) is 22.8 Å². The second-order valence-electron chi connectivity index (χ2n) is 8.42. The first-order valence-corrected chi connectivity index (χ1v) is 12.3. The summed E-state index contributed by atoms with van der Waals surface area (Å²) >= 11 is 18.4. The van der Waals surface area contributed by atoms with Crippen LogP contribution in [0.4, 0.5) is 0 Å². The summed E-state index contributed by atoms with van der Waals surface area (Å²) in [6.45, 7) is 2.85. The van der Waals surface area contributed by atoms with E-state index >= 15 is 0 Å². The maximum absolute atomic E-state index is 10.9. The van der Waals surface area contributed by atoms with Gasteiger partial charge in [-0.05, 0) is 48.4 Å². The van der Waals surface area contributed by atoms with Gasteiger partial charge in [0.25, 0.3) is 0 Å². The molecule has 0 aliphatic carbocycles. The van der Waals surface area contributed by atoms with Gasteiger partial charge < -0.3 is 20.1 Å². The molecule has 10 heteroatoms. The zero-order valence-electron chi connectivity index (χ0n) is 19.5. The number of aliphatic hydroxyl groups is 1. The van der Waals surface area contributed by atoms with E-state index in [1.165, 1.54) is 0 Å². The first-order chi connectivity index (χ1) is 17.3. The van der Waals surface area contributed by atoms with E-state index < -0.39 is 6.10 Å². The number of nitrogens with two attached hydrogens (primary N) is 1.